The van der Waals surface area contributed by atoms with Crippen molar-refractivity contribution in [1.29, 1.82) is 5.26 Å². The number of fused-ring (bicyclic) bond motifs is 1. The Balaban J connectivity index is 2.40. The molecule has 0 saturated carbocycles. The van der Waals surface area contributed by atoms with Crippen LogP contribution in [0.25, 0.3) is 10.9 Å². The Labute approximate surface area is 107 Å². The highest BCUT2D eigenvalue weighted by molar-refractivity contribution is 5.97. The molecule has 1 heterocycles. The molecule has 0 bridgehead atoms. The Hall–Kier alpha value is -2.28. The van der Waals surface area contributed by atoms with Gasteiger partial charge in [-0.1, -0.05) is 0 Å². The molecular formula is C14H16N4. The molecule has 0 aliphatic rings. The van der Waals surface area contributed by atoms with Crippen molar-refractivity contribution in [3.8, 4) is 6.07 Å². The standard InChI is InChI=1S/C14H16N4/c1-10(8-15)9-18(2)13-6-5-12-11(14(13)16)4-3-7-17-12/h3-7,10H,9,16H2,1-2H3. The Morgan fingerprint density at radius 3 is 2.94 bits per heavy atom. The Morgan fingerprint density at radius 1 is 1.44 bits per heavy atom. The second kappa shape index (κ2) is 4.92. The van der Waals surface area contributed by atoms with Gasteiger partial charge in [0.25, 0.3) is 0 Å². The molecule has 0 fully saturated rings. The topological polar surface area (TPSA) is 65.9 Å². The second-order valence-electron chi connectivity index (χ2n) is 4.48. The highest BCUT2D eigenvalue weighted by Crippen LogP contribution is 2.30. The zero-order chi connectivity index (χ0) is 13.1. The summed E-state index contributed by atoms with van der Waals surface area (Å²) in [6, 6.07) is 9.97. The van der Waals surface area contributed by atoms with Gasteiger partial charge in [0.05, 0.1) is 28.9 Å². The fourth-order valence-electron chi connectivity index (χ4n) is 2.05. The monoisotopic (exact) mass is 240 g/mol. The van der Waals surface area contributed by atoms with Crippen molar-refractivity contribution in [3.63, 3.8) is 0 Å². The summed E-state index contributed by atoms with van der Waals surface area (Å²) in [6.45, 7) is 2.56. The van der Waals surface area contributed by atoms with Crippen LogP contribution in [-0.2, 0) is 0 Å². The van der Waals surface area contributed by atoms with Gasteiger partial charge in [-0.05, 0) is 31.2 Å². The third-order valence-corrected chi connectivity index (χ3v) is 2.98. The molecular weight excluding hydrogens is 224 g/mol. The van der Waals surface area contributed by atoms with Crippen molar-refractivity contribution in [2.45, 2.75) is 6.92 Å². The lowest BCUT2D eigenvalue weighted by atomic mass is 10.1. The molecule has 1 unspecified atom stereocenters. The minimum Gasteiger partial charge on any atom is -0.396 e. The lowest BCUT2D eigenvalue weighted by molar-refractivity contribution is 0.717. The molecule has 2 rings (SSSR count). The molecule has 4 heteroatoms. The quantitative estimate of drug-likeness (QED) is 0.837. The summed E-state index contributed by atoms with van der Waals surface area (Å²) in [7, 11) is 1.95. The lowest BCUT2D eigenvalue weighted by Crippen LogP contribution is -2.24. The van der Waals surface area contributed by atoms with Crippen molar-refractivity contribution in [3.05, 3.63) is 30.5 Å². The molecule has 0 amide bonds. The van der Waals surface area contributed by atoms with Crippen LogP contribution in [0.15, 0.2) is 30.5 Å². The summed E-state index contributed by atoms with van der Waals surface area (Å²) in [5.74, 6) is -0.0287. The molecule has 0 radical (unpaired) electrons. The molecule has 2 aromatic rings. The highest BCUT2D eigenvalue weighted by atomic mass is 15.1. The van der Waals surface area contributed by atoms with Crippen molar-refractivity contribution in [1.82, 2.24) is 4.98 Å². The first-order valence-corrected chi connectivity index (χ1v) is 5.87. The van der Waals surface area contributed by atoms with Gasteiger partial charge >= 0.3 is 0 Å². The summed E-state index contributed by atoms with van der Waals surface area (Å²) >= 11 is 0. The van der Waals surface area contributed by atoms with Gasteiger partial charge in [-0.3, -0.25) is 4.98 Å². The number of nitrogens with two attached hydrogens (primary N) is 1. The maximum atomic E-state index is 8.85. The van der Waals surface area contributed by atoms with Gasteiger partial charge in [0.15, 0.2) is 0 Å². The van der Waals surface area contributed by atoms with Gasteiger partial charge in [0, 0.05) is 25.2 Å². The smallest absolute Gasteiger partial charge is 0.0724 e. The van der Waals surface area contributed by atoms with Gasteiger partial charge in [0.2, 0.25) is 0 Å². The normalized spacial score (nSPS) is 12.1. The summed E-state index contributed by atoms with van der Waals surface area (Å²) in [5, 5.41) is 9.80. The molecule has 0 aliphatic carbocycles. The number of hydrogen-bond donors (Lipinski definition) is 1. The van der Waals surface area contributed by atoms with Gasteiger partial charge < -0.3 is 10.6 Å². The second-order valence-corrected chi connectivity index (χ2v) is 4.48. The van der Waals surface area contributed by atoms with Gasteiger partial charge in [0.1, 0.15) is 0 Å². The molecule has 1 atom stereocenters. The van der Waals surface area contributed by atoms with Gasteiger partial charge in [-0.2, -0.15) is 5.26 Å². The summed E-state index contributed by atoms with van der Waals surface area (Å²) in [5.41, 5.74) is 8.72. The first kappa shape index (κ1) is 12.2. The molecule has 2 N–H and O–H groups in total. The Bertz CT molecular complexity index is 600. The van der Waals surface area contributed by atoms with E-state index in [1.807, 2.05) is 43.1 Å². The van der Waals surface area contributed by atoms with Crippen LogP contribution in [0.2, 0.25) is 0 Å². The zero-order valence-electron chi connectivity index (χ0n) is 10.6. The molecule has 18 heavy (non-hydrogen) atoms. The van der Waals surface area contributed by atoms with E-state index in [2.05, 4.69) is 11.1 Å². The number of anilines is 2. The highest BCUT2D eigenvalue weighted by Gasteiger charge is 2.11. The summed E-state index contributed by atoms with van der Waals surface area (Å²) in [4.78, 5) is 6.28. The number of nitrogen functional groups attached to an aromatic ring is 1. The van der Waals surface area contributed by atoms with Crippen molar-refractivity contribution in [2.24, 2.45) is 5.92 Å². The first-order chi connectivity index (χ1) is 8.63. The van der Waals surface area contributed by atoms with Crippen molar-refractivity contribution >= 4 is 22.3 Å². The van der Waals surface area contributed by atoms with Crippen LogP contribution in [0.3, 0.4) is 0 Å². The average molecular weight is 240 g/mol. The van der Waals surface area contributed by atoms with Gasteiger partial charge in [-0.25, -0.2) is 0 Å². The predicted octanol–water partition coefficient (Wildman–Crippen LogP) is 2.41. The van der Waals surface area contributed by atoms with E-state index in [4.69, 9.17) is 11.0 Å². The third-order valence-electron chi connectivity index (χ3n) is 2.98. The van der Waals surface area contributed by atoms with E-state index < -0.39 is 0 Å². The van der Waals surface area contributed by atoms with E-state index in [-0.39, 0.29) is 5.92 Å². The number of benzene rings is 1. The average Bonchev–Trinajstić information content (AvgIpc) is 2.39. The first-order valence-electron chi connectivity index (χ1n) is 5.87. The van der Waals surface area contributed by atoms with E-state index in [1.165, 1.54) is 0 Å². The molecule has 0 aliphatic heterocycles. The van der Waals surface area contributed by atoms with Gasteiger partial charge in [-0.15, -0.1) is 0 Å². The number of rotatable bonds is 3. The van der Waals surface area contributed by atoms with Crippen LogP contribution < -0.4 is 10.6 Å². The lowest BCUT2D eigenvalue weighted by Gasteiger charge is -2.22. The van der Waals surface area contributed by atoms with Crippen LogP contribution in [0.1, 0.15) is 6.92 Å². The maximum Gasteiger partial charge on any atom is 0.0724 e. The van der Waals surface area contributed by atoms with E-state index in [1.54, 1.807) is 6.20 Å². The number of aromatic nitrogens is 1. The van der Waals surface area contributed by atoms with E-state index in [0.29, 0.717) is 12.2 Å². The van der Waals surface area contributed by atoms with E-state index >= 15 is 0 Å². The molecule has 4 nitrogen and oxygen atoms in total. The van der Waals surface area contributed by atoms with Crippen molar-refractivity contribution < 1.29 is 0 Å². The number of nitrogens with zero attached hydrogens (tertiary/aromatic N) is 3. The predicted molar refractivity (Wildman–Crippen MR) is 74.2 cm³/mol. The maximum absolute atomic E-state index is 8.85. The van der Waals surface area contributed by atoms with Crippen LogP contribution in [-0.4, -0.2) is 18.6 Å². The molecule has 0 saturated heterocycles. The molecule has 92 valence electrons. The summed E-state index contributed by atoms with van der Waals surface area (Å²) in [6.07, 6.45) is 1.75. The summed E-state index contributed by atoms with van der Waals surface area (Å²) < 4.78 is 0. The van der Waals surface area contributed by atoms with Crippen LogP contribution in [0.5, 0.6) is 0 Å². The van der Waals surface area contributed by atoms with Crippen LogP contribution in [0.4, 0.5) is 11.4 Å². The molecule has 0 spiro atoms. The zero-order valence-corrected chi connectivity index (χ0v) is 10.6. The fourth-order valence-corrected chi connectivity index (χ4v) is 2.05. The largest absolute Gasteiger partial charge is 0.396 e. The number of nitriles is 1. The van der Waals surface area contributed by atoms with Crippen LogP contribution >= 0.6 is 0 Å². The Kier molecular flexibility index (Phi) is 3.33. The molecule has 1 aromatic carbocycles. The number of pyridine rings is 1. The number of hydrogen-bond acceptors (Lipinski definition) is 4. The Morgan fingerprint density at radius 2 is 2.22 bits per heavy atom. The minimum atomic E-state index is -0.0287. The SMILES string of the molecule is CC(C#N)CN(C)c1ccc2ncccc2c1N. The molecule has 1 aromatic heterocycles. The van der Waals surface area contributed by atoms with E-state index in [9.17, 15) is 0 Å². The third kappa shape index (κ3) is 2.21. The fraction of sp³-hybridized carbons (Fsp3) is 0.286. The van der Waals surface area contributed by atoms with Crippen LogP contribution in [0, 0.1) is 17.2 Å². The van der Waals surface area contributed by atoms with Crippen molar-refractivity contribution in [2.75, 3.05) is 24.2 Å². The van der Waals surface area contributed by atoms with E-state index in [0.717, 1.165) is 16.6 Å². The minimum absolute atomic E-state index is 0.0287.